The van der Waals surface area contributed by atoms with Crippen LogP contribution in [0.25, 0.3) is 0 Å². The van der Waals surface area contributed by atoms with Crippen molar-refractivity contribution in [2.24, 2.45) is 5.73 Å². The number of hydrogen-bond donors (Lipinski definition) is 2. The van der Waals surface area contributed by atoms with Crippen LogP contribution in [0.4, 0.5) is 11.5 Å². The molecular formula is C22H22Cl2N6OS. The van der Waals surface area contributed by atoms with Crippen molar-refractivity contribution >= 4 is 52.4 Å². The van der Waals surface area contributed by atoms with Crippen LogP contribution >= 0.6 is 35.0 Å². The summed E-state index contributed by atoms with van der Waals surface area (Å²) in [6.45, 7) is 3.82. The fraction of sp³-hybridized carbons (Fsp3) is 0.273. The largest absolute Gasteiger partial charge is 0.355 e. The average Bonchev–Trinajstić information content (AvgIpc) is 2.77. The molecule has 2 aromatic heterocycles. The Hall–Kier alpha value is -2.39. The van der Waals surface area contributed by atoms with E-state index in [0.29, 0.717) is 20.8 Å². The van der Waals surface area contributed by atoms with E-state index in [-0.39, 0.29) is 17.1 Å². The van der Waals surface area contributed by atoms with Crippen LogP contribution in [0.1, 0.15) is 30.3 Å². The van der Waals surface area contributed by atoms with Crippen molar-refractivity contribution in [2.45, 2.75) is 35.2 Å². The van der Waals surface area contributed by atoms with E-state index in [4.69, 9.17) is 28.9 Å². The summed E-state index contributed by atoms with van der Waals surface area (Å²) in [5.41, 5.74) is 6.83. The Morgan fingerprint density at radius 3 is 2.53 bits per heavy atom. The van der Waals surface area contributed by atoms with Crippen molar-refractivity contribution in [3.8, 4) is 0 Å². The van der Waals surface area contributed by atoms with Gasteiger partial charge in [0, 0.05) is 29.7 Å². The van der Waals surface area contributed by atoms with Crippen molar-refractivity contribution < 1.29 is 4.79 Å². The van der Waals surface area contributed by atoms with Gasteiger partial charge >= 0.3 is 0 Å². The summed E-state index contributed by atoms with van der Waals surface area (Å²) in [6, 6.07) is 8.58. The van der Waals surface area contributed by atoms with E-state index in [1.807, 2.05) is 12.1 Å². The highest BCUT2D eigenvalue weighted by atomic mass is 35.5. The number of nitrogens with two attached hydrogens (primary N) is 1. The first-order chi connectivity index (χ1) is 15.3. The van der Waals surface area contributed by atoms with Crippen molar-refractivity contribution in [1.82, 2.24) is 15.0 Å². The fourth-order valence-electron chi connectivity index (χ4n) is 3.27. The van der Waals surface area contributed by atoms with Gasteiger partial charge in [0.1, 0.15) is 16.5 Å². The molecule has 1 aromatic carbocycles. The van der Waals surface area contributed by atoms with Crippen molar-refractivity contribution in [3.05, 3.63) is 64.7 Å². The highest BCUT2D eigenvalue weighted by Crippen LogP contribution is 2.37. The molecular weight excluding hydrogens is 467 g/mol. The minimum absolute atomic E-state index is 0.111. The van der Waals surface area contributed by atoms with Gasteiger partial charge in [-0.2, -0.15) is 0 Å². The number of carbonyl (C=O) groups excluding carboxylic acids is 1. The normalized spacial score (nSPS) is 15.4. The molecule has 0 bridgehead atoms. The fourth-order valence-corrected chi connectivity index (χ4v) is 4.45. The van der Waals surface area contributed by atoms with E-state index in [1.54, 1.807) is 30.6 Å². The zero-order chi connectivity index (χ0) is 22.7. The first kappa shape index (κ1) is 22.8. The maximum absolute atomic E-state index is 12.5. The number of carbonyl (C=O) groups is 1. The Balaban J connectivity index is 1.43. The molecule has 1 amide bonds. The Labute approximate surface area is 200 Å². The molecule has 10 heteroatoms. The Kier molecular flexibility index (Phi) is 6.85. The summed E-state index contributed by atoms with van der Waals surface area (Å²) in [7, 11) is 0. The van der Waals surface area contributed by atoms with E-state index in [0.717, 1.165) is 36.6 Å². The van der Waals surface area contributed by atoms with Gasteiger partial charge in [0.2, 0.25) is 0 Å². The van der Waals surface area contributed by atoms with Gasteiger partial charge in [0.05, 0.1) is 28.1 Å². The number of anilines is 2. The molecule has 1 saturated heterocycles. The number of benzene rings is 1. The predicted molar refractivity (Wildman–Crippen MR) is 129 cm³/mol. The van der Waals surface area contributed by atoms with Gasteiger partial charge in [-0.1, -0.05) is 41.0 Å². The van der Waals surface area contributed by atoms with Gasteiger partial charge in [0.25, 0.3) is 5.91 Å². The second kappa shape index (κ2) is 9.62. The zero-order valence-electron chi connectivity index (χ0n) is 17.4. The van der Waals surface area contributed by atoms with Crippen LogP contribution in [0.5, 0.6) is 0 Å². The van der Waals surface area contributed by atoms with Gasteiger partial charge in [-0.05, 0) is 44.0 Å². The lowest BCUT2D eigenvalue weighted by molar-refractivity contribution is 0.102. The van der Waals surface area contributed by atoms with Crippen LogP contribution in [-0.2, 0) is 0 Å². The third-order valence-corrected chi connectivity index (χ3v) is 6.95. The summed E-state index contributed by atoms with van der Waals surface area (Å²) in [6.07, 6.45) is 6.77. The minimum Gasteiger partial charge on any atom is -0.355 e. The average molecular weight is 489 g/mol. The van der Waals surface area contributed by atoms with Gasteiger partial charge in [-0.3, -0.25) is 4.79 Å². The number of piperidine rings is 1. The Morgan fingerprint density at radius 1 is 1.09 bits per heavy atom. The van der Waals surface area contributed by atoms with Crippen molar-refractivity contribution in [3.63, 3.8) is 0 Å². The molecule has 4 rings (SSSR count). The van der Waals surface area contributed by atoms with Gasteiger partial charge < -0.3 is 16.0 Å². The van der Waals surface area contributed by atoms with E-state index in [2.05, 4.69) is 32.1 Å². The number of halogens is 2. The first-order valence-corrected chi connectivity index (χ1v) is 11.6. The molecule has 32 heavy (non-hydrogen) atoms. The molecule has 1 fully saturated rings. The molecule has 0 atom stereocenters. The number of aromatic nitrogens is 3. The SMILES string of the molecule is CC1(N)CCN(c2cnc(Sc3cccc(NC(=O)c4ccc(Cl)cn4)c3Cl)cn2)CC1. The summed E-state index contributed by atoms with van der Waals surface area (Å²) in [4.78, 5) is 28.5. The second-order valence-electron chi connectivity index (χ2n) is 7.89. The lowest BCUT2D eigenvalue weighted by Crippen LogP contribution is -2.48. The molecule has 3 aromatic rings. The predicted octanol–water partition coefficient (Wildman–Crippen LogP) is 4.90. The number of hydrogen-bond acceptors (Lipinski definition) is 7. The van der Waals surface area contributed by atoms with Gasteiger partial charge in [-0.15, -0.1) is 0 Å². The zero-order valence-corrected chi connectivity index (χ0v) is 19.7. The van der Waals surface area contributed by atoms with Crippen LogP contribution in [0, 0.1) is 0 Å². The molecule has 0 spiro atoms. The van der Waals surface area contributed by atoms with Crippen LogP contribution < -0.4 is 16.0 Å². The summed E-state index contributed by atoms with van der Waals surface area (Å²) in [5.74, 6) is 0.470. The van der Waals surface area contributed by atoms with E-state index in [1.165, 1.54) is 18.0 Å². The van der Waals surface area contributed by atoms with Crippen LogP contribution in [-0.4, -0.2) is 39.5 Å². The number of pyridine rings is 1. The molecule has 166 valence electrons. The lowest BCUT2D eigenvalue weighted by Gasteiger charge is -2.37. The molecule has 0 radical (unpaired) electrons. The molecule has 1 aliphatic heterocycles. The Morgan fingerprint density at radius 2 is 1.88 bits per heavy atom. The van der Waals surface area contributed by atoms with E-state index >= 15 is 0 Å². The van der Waals surface area contributed by atoms with Gasteiger partial charge in [-0.25, -0.2) is 15.0 Å². The molecule has 7 nitrogen and oxygen atoms in total. The number of rotatable bonds is 5. The quantitative estimate of drug-likeness (QED) is 0.526. The molecule has 1 aliphatic rings. The molecule has 0 unspecified atom stereocenters. The standard InChI is InChI=1S/C22H22Cl2N6OS/c1-22(25)7-9-30(10-8-22)18-12-28-19(13-27-18)32-17-4-2-3-15(20(17)24)29-21(31)16-6-5-14(23)11-26-16/h2-6,11-13H,7-10,25H2,1H3,(H,29,31). The Bertz CT molecular complexity index is 1100. The molecule has 0 saturated carbocycles. The van der Waals surface area contributed by atoms with Crippen molar-refractivity contribution in [1.29, 1.82) is 0 Å². The molecule has 3 heterocycles. The number of nitrogens with zero attached hydrogens (tertiary/aromatic N) is 4. The highest BCUT2D eigenvalue weighted by molar-refractivity contribution is 7.99. The van der Waals surface area contributed by atoms with Crippen LogP contribution in [0.15, 0.2) is 58.8 Å². The summed E-state index contributed by atoms with van der Waals surface area (Å²) in [5, 5.41) is 4.38. The maximum atomic E-state index is 12.5. The summed E-state index contributed by atoms with van der Waals surface area (Å²) < 4.78 is 0. The third-order valence-electron chi connectivity index (χ3n) is 5.23. The van der Waals surface area contributed by atoms with Crippen LogP contribution in [0.2, 0.25) is 10.0 Å². The molecule has 0 aliphatic carbocycles. The smallest absolute Gasteiger partial charge is 0.274 e. The summed E-state index contributed by atoms with van der Waals surface area (Å²) >= 11 is 13.8. The minimum atomic E-state index is -0.370. The number of amides is 1. The van der Waals surface area contributed by atoms with E-state index < -0.39 is 0 Å². The maximum Gasteiger partial charge on any atom is 0.274 e. The van der Waals surface area contributed by atoms with Gasteiger partial charge in [0.15, 0.2) is 0 Å². The van der Waals surface area contributed by atoms with E-state index in [9.17, 15) is 4.79 Å². The van der Waals surface area contributed by atoms with Crippen LogP contribution in [0.3, 0.4) is 0 Å². The monoisotopic (exact) mass is 488 g/mol. The lowest BCUT2D eigenvalue weighted by atomic mass is 9.91. The number of nitrogens with one attached hydrogen (secondary N) is 1. The molecule has 3 N–H and O–H groups in total. The third kappa shape index (κ3) is 5.50. The van der Waals surface area contributed by atoms with Crippen molar-refractivity contribution in [2.75, 3.05) is 23.3 Å². The second-order valence-corrected chi connectivity index (χ2v) is 9.77. The topological polar surface area (TPSA) is 97.0 Å². The first-order valence-electron chi connectivity index (χ1n) is 10.1. The highest BCUT2D eigenvalue weighted by Gasteiger charge is 2.26.